The number of aryl methyl sites for hydroxylation is 1. The second kappa shape index (κ2) is 6.51. The van der Waals surface area contributed by atoms with Crippen molar-refractivity contribution in [1.29, 1.82) is 0 Å². The van der Waals surface area contributed by atoms with Crippen molar-refractivity contribution >= 4 is 23.7 Å². The number of hydrogen-bond donors (Lipinski definition) is 2. The quantitative estimate of drug-likeness (QED) is 0.885. The number of hydrogen-bond acceptors (Lipinski definition) is 4. The molecule has 2 amide bonds. The first-order chi connectivity index (χ1) is 11.1. The van der Waals surface area contributed by atoms with Crippen LogP contribution >= 0.6 is 0 Å². The number of rotatable bonds is 3. The van der Waals surface area contributed by atoms with Crippen LogP contribution in [0.4, 0.5) is 10.5 Å². The summed E-state index contributed by atoms with van der Waals surface area (Å²) in [6.07, 6.45) is -0.435. The van der Waals surface area contributed by atoms with Gasteiger partial charge in [0, 0.05) is 18.8 Å². The van der Waals surface area contributed by atoms with Gasteiger partial charge in [-0.3, -0.25) is 4.79 Å². The standard InChI is InChI=1S/C17H22N2O5/c1-10-5-6-12(7-13(10)15(21)22)18-14(20)11-8-19(9-11)16(23)24-17(2,3)4/h5-7,11H,8-9H2,1-4H3,(H,18,20)(H,21,22). The number of carboxylic acid groups (broad SMARTS) is 1. The van der Waals surface area contributed by atoms with Gasteiger partial charge in [0.2, 0.25) is 5.91 Å². The predicted octanol–water partition coefficient (Wildman–Crippen LogP) is 2.50. The molecule has 0 aliphatic carbocycles. The van der Waals surface area contributed by atoms with Crippen LogP contribution in [-0.2, 0) is 9.53 Å². The molecular weight excluding hydrogens is 312 g/mol. The lowest BCUT2D eigenvalue weighted by Gasteiger charge is -2.38. The maximum atomic E-state index is 12.2. The van der Waals surface area contributed by atoms with E-state index >= 15 is 0 Å². The second-order valence-corrected chi connectivity index (χ2v) is 6.91. The normalized spacial score (nSPS) is 14.8. The molecule has 24 heavy (non-hydrogen) atoms. The minimum atomic E-state index is -1.04. The van der Waals surface area contributed by atoms with Crippen molar-refractivity contribution in [2.75, 3.05) is 18.4 Å². The summed E-state index contributed by atoms with van der Waals surface area (Å²) in [7, 11) is 0. The lowest BCUT2D eigenvalue weighted by Crippen LogP contribution is -2.55. The Morgan fingerprint density at radius 3 is 2.42 bits per heavy atom. The molecule has 2 N–H and O–H groups in total. The van der Waals surface area contributed by atoms with Crippen molar-refractivity contribution in [1.82, 2.24) is 4.90 Å². The smallest absolute Gasteiger partial charge is 0.410 e. The zero-order valence-electron chi connectivity index (χ0n) is 14.3. The van der Waals surface area contributed by atoms with Gasteiger partial charge in [-0.1, -0.05) is 6.07 Å². The van der Waals surface area contributed by atoms with Crippen LogP contribution in [0.1, 0.15) is 36.7 Å². The molecule has 0 radical (unpaired) electrons. The van der Waals surface area contributed by atoms with Crippen molar-refractivity contribution in [3.8, 4) is 0 Å². The van der Waals surface area contributed by atoms with Gasteiger partial charge in [0.15, 0.2) is 0 Å². The average Bonchev–Trinajstić information content (AvgIpc) is 2.36. The van der Waals surface area contributed by atoms with E-state index in [9.17, 15) is 14.4 Å². The Bertz CT molecular complexity index is 672. The minimum Gasteiger partial charge on any atom is -0.478 e. The number of nitrogens with zero attached hydrogens (tertiary/aromatic N) is 1. The predicted molar refractivity (Wildman–Crippen MR) is 88.1 cm³/mol. The number of anilines is 1. The number of nitrogens with one attached hydrogen (secondary N) is 1. The van der Waals surface area contributed by atoms with E-state index in [-0.39, 0.29) is 17.4 Å². The van der Waals surface area contributed by atoms with Crippen molar-refractivity contribution in [3.63, 3.8) is 0 Å². The first-order valence-electron chi connectivity index (χ1n) is 7.69. The Morgan fingerprint density at radius 2 is 1.88 bits per heavy atom. The molecule has 130 valence electrons. The molecule has 1 aromatic rings. The van der Waals surface area contributed by atoms with E-state index < -0.39 is 17.7 Å². The topological polar surface area (TPSA) is 95.9 Å². The van der Waals surface area contributed by atoms with Crippen LogP contribution in [0.3, 0.4) is 0 Å². The highest BCUT2D eigenvalue weighted by molar-refractivity contribution is 5.96. The van der Waals surface area contributed by atoms with Gasteiger partial charge in [0.05, 0.1) is 11.5 Å². The summed E-state index contributed by atoms with van der Waals surface area (Å²) in [5, 5.41) is 11.8. The molecule has 1 fully saturated rings. The summed E-state index contributed by atoms with van der Waals surface area (Å²) in [5.74, 6) is -1.61. The van der Waals surface area contributed by atoms with Gasteiger partial charge >= 0.3 is 12.1 Å². The summed E-state index contributed by atoms with van der Waals surface area (Å²) in [6.45, 7) is 7.63. The first-order valence-corrected chi connectivity index (χ1v) is 7.69. The van der Waals surface area contributed by atoms with Crippen LogP contribution in [0, 0.1) is 12.8 Å². The Hall–Kier alpha value is -2.57. The average molecular weight is 334 g/mol. The number of aromatic carboxylic acids is 1. The number of carbonyl (C=O) groups excluding carboxylic acids is 2. The maximum absolute atomic E-state index is 12.2. The maximum Gasteiger partial charge on any atom is 0.410 e. The summed E-state index contributed by atoms with van der Waals surface area (Å²) in [5.41, 5.74) is 0.635. The molecule has 0 aromatic heterocycles. The van der Waals surface area contributed by atoms with Gasteiger partial charge in [0.1, 0.15) is 5.60 Å². The van der Waals surface area contributed by atoms with Crippen LogP contribution in [0.2, 0.25) is 0 Å². The molecule has 7 nitrogen and oxygen atoms in total. The fraction of sp³-hybridized carbons (Fsp3) is 0.471. The molecule has 1 aliphatic rings. The van der Waals surface area contributed by atoms with E-state index in [1.807, 2.05) is 0 Å². The lowest BCUT2D eigenvalue weighted by atomic mass is 9.99. The largest absolute Gasteiger partial charge is 0.478 e. The minimum absolute atomic E-state index is 0.150. The van der Waals surface area contributed by atoms with E-state index in [2.05, 4.69) is 5.32 Å². The van der Waals surface area contributed by atoms with E-state index in [0.717, 1.165) is 0 Å². The number of ether oxygens (including phenoxy) is 1. The molecule has 2 rings (SSSR count). The summed E-state index contributed by atoms with van der Waals surface area (Å²) < 4.78 is 5.23. The second-order valence-electron chi connectivity index (χ2n) is 6.91. The summed E-state index contributed by atoms with van der Waals surface area (Å²) >= 11 is 0. The molecule has 1 aliphatic heterocycles. The molecule has 0 bridgehead atoms. The van der Waals surface area contributed by atoms with Crippen LogP contribution in [-0.4, -0.2) is 46.7 Å². The fourth-order valence-corrected chi connectivity index (χ4v) is 2.29. The van der Waals surface area contributed by atoms with Crippen molar-refractivity contribution in [2.45, 2.75) is 33.3 Å². The Morgan fingerprint density at radius 1 is 1.25 bits per heavy atom. The van der Waals surface area contributed by atoms with Gasteiger partial charge in [-0.05, 0) is 45.4 Å². The molecule has 0 unspecified atom stereocenters. The Kier molecular flexibility index (Phi) is 4.82. The summed E-state index contributed by atoms with van der Waals surface area (Å²) in [6, 6.07) is 4.73. The number of carboxylic acids is 1. The zero-order valence-corrected chi connectivity index (χ0v) is 14.3. The Labute approximate surface area is 140 Å². The highest BCUT2D eigenvalue weighted by Gasteiger charge is 2.37. The molecule has 1 heterocycles. The van der Waals surface area contributed by atoms with E-state index in [4.69, 9.17) is 9.84 Å². The van der Waals surface area contributed by atoms with Crippen LogP contribution in [0.5, 0.6) is 0 Å². The SMILES string of the molecule is Cc1ccc(NC(=O)C2CN(C(=O)OC(C)(C)C)C2)cc1C(=O)O. The molecule has 0 saturated carbocycles. The molecule has 7 heteroatoms. The third-order valence-corrected chi connectivity index (χ3v) is 3.64. The first kappa shape index (κ1) is 17.8. The van der Waals surface area contributed by atoms with Crippen molar-refractivity contribution < 1.29 is 24.2 Å². The highest BCUT2D eigenvalue weighted by Crippen LogP contribution is 2.22. The zero-order chi connectivity index (χ0) is 18.1. The van der Waals surface area contributed by atoms with E-state index in [0.29, 0.717) is 24.3 Å². The Balaban J connectivity index is 1.90. The van der Waals surface area contributed by atoms with Gasteiger partial charge < -0.3 is 20.1 Å². The van der Waals surface area contributed by atoms with Gasteiger partial charge in [-0.2, -0.15) is 0 Å². The van der Waals surface area contributed by atoms with Crippen LogP contribution in [0.15, 0.2) is 18.2 Å². The van der Waals surface area contributed by atoms with E-state index in [1.165, 1.54) is 11.0 Å². The monoisotopic (exact) mass is 334 g/mol. The number of carbonyl (C=O) groups is 3. The molecule has 1 aromatic carbocycles. The van der Waals surface area contributed by atoms with Gasteiger partial charge in [-0.25, -0.2) is 9.59 Å². The van der Waals surface area contributed by atoms with Crippen molar-refractivity contribution in [3.05, 3.63) is 29.3 Å². The lowest BCUT2D eigenvalue weighted by molar-refractivity contribution is -0.124. The van der Waals surface area contributed by atoms with Crippen LogP contribution in [0.25, 0.3) is 0 Å². The molecular formula is C17H22N2O5. The molecule has 1 saturated heterocycles. The van der Waals surface area contributed by atoms with Gasteiger partial charge in [0.25, 0.3) is 0 Å². The van der Waals surface area contributed by atoms with Gasteiger partial charge in [-0.15, -0.1) is 0 Å². The molecule has 0 atom stereocenters. The van der Waals surface area contributed by atoms with E-state index in [1.54, 1.807) is 39.8 Å². The number of likely N-dealkylation sites (tertiary alicyclic amines) is 1. The highest BCUT2D eigenvalue weighted by atomic mass is 16.6. The third kappa shape index (κ3) is 4.24. The fourth-order valence-electron chi connectivity index (χ4n) is 2.29. The summed E-state index contributed by atoms with van der Waals surface area (Å²) in [4.78, 5) is 36.6. The molecule has 0 spiro atoms. The number of benzene rings is 1. The number of amides is 2. The third-order valence-electron chi connectivity index (χ3n) is 3.64. The van der Waals surface area contributed by atoms with Crippen LogP contribution < -0.4 is 5.32 Å². The van der Waals surface area contributed by atoms with Crippen molar-refractivity contribution in [2.24, 2.45) is 5.92 Å².